The predicted molar refractivity (Wildman–Crippen MR) is 343 cm³/mol. The number of hydrogen-bond donors (Lipinski definition) is 10. The largest absolute Gasteiger partial charge is 0.462 e. The van der Waals surface area contributed by atoms with E-state index in [2.05, 4.69) is 44.7 Å². The summed E-state index contributed by atoms with van der Waals surface area (Å²) in [4.78, 5) is 70.3. The van der Waals surface area contributed by atoms with Gasteiger partial charge in [0.05, 0.1) is 86.8 Å². The van der Waals surface area contributed by atoms with Gasteiger partial charge in [-0.05, 0) is 83.5 Å². The number of urea groups is 2. The molecule has 28 nitrogen and oxygen atoms in total. The molecule has 10 aliphatic heterocycles. The molecule has 2 spiro atoms. The van der Waals surface area contributed by atoms with Crippen molar-refractivity contribution in [1.82, 2.24) is 0 Å². The van der Waals surface area contributed by atoms with E-state index in [1.54, 1.807) is 37.2 Å². The molecule has 15 rings (SSSR count). The first kappa shape index (κ1) is 66.0. The van der Waals surface area contributed by atoms with Crippen LogP contribution >= 0.6 is 0 Å². The quantitative estimate of drug-likeness (QED) is 0.0872. The highest BCUT2D eigenvalue weighted by molar-refractivity contribution is 6.08. The Kier molecular flexibility index (Phi) is 16.1. The molecule has 0 bridgehead atoms. The molecule has 3 fully saturated rings. The van der Waals surface area contributed by atoms with Crippen LogP contribution in [0.25, 0.3) is 5.57 Å². The van der Waals surface area contributed by atoms with Crippen LogP contribution in [-0.2, 0) is 71.2 Å². The van der Waals surface area contributed by atoms with E-state index < -0.39 is 170 Å². The van der Waals surface area contributed by atoms with Crippen LogP contribution in [0, 0.1) is 11.8 Å². The van der Waals surface area contributed by atoms with Gasteiger partial charge in [0.2, 0.25) is 0 Å². The van der Waals surface area contributed by atoms with Crippen LogP contribution in [0.3, 0.4) is 0 Å². The van der Waals surface area contributed by atoms with Crippen molar-refractivity contribution in [3.63, 3.8) is 0 Å². The van der Waals surface area contributed by atoms with Gasteiger partial charge in [0.1, 0.15) is 109 Å². The van der Waals surface area contributed by atoms with Gasteiger partial charge in [-0.15, -0.1) is 0 Å². The predicted octanol–water partition coefficient (Wildman–Crippen LogP) is 0.824. The molecule has 2 aromatic carbocycles. The van der Waals surface area contributed by atoms with Gasteiger partial charge in [0.25, 0.3) is 0 Å². The van der Waals surface area contributed by atoms with E-state index in [4.69, 9.17) is 59.3 Å². The van der Waals surface area contributed by atoms with E-state index in [0.717, 1.165) is 33.7 Å². The maximum Gasteiger partial charge on any atom is 0.319 e. The SMILES string of the molecule is COC1C[N+]2(C)C=CC34C2=C(C=CC3N(C(N)=O)c2cc3c(c(C5=C6C7=C8C9(C=C[N+]8(C)CC(OC)C7CC(OC(C)=O)CC6O[C@@H]6O[C@@H](CO)[C@H](O)[C@H](O)[C@@H]6O)c6cc7c(cc6N(C(N)=O)C59)N=CC7)c24)CC=N3)C1CC(CC(C)O[C@@H]1O[C@H](CO)[C@@H](O)[C@@H](O)[C@H]1O)OC(C)=O. The molecule has 97 heavy (non-hydrogen) atoms. The lowest BCUT2D eigenvalue weighted by Gasteiger charge is -2.52. The average molecular weight is 1350 g/mol. The molecule has 24 atom stereocenters. The second-order valence-corrected chi connectivity index (χ2v) is 28.6. The molecule has 1 saturated carbocycles. The zero-order valence-electron chi connectivity index (χ0n) is 54.8. The number of aliphatic imine (C=N–C) groups is 2. The highest BCUT2D eigenvalue weighted by Crippen LogP contribution is 2.71. The number of nitrogens with zero attached hydrogens (tertiary/aromatic N) is 6. The highest BCUT2D eigenvalue weighted by Gasteiger charge is 2.73. The third-order valence-electron chi connectivity index (χ3n) is 23.0. The molecule has 4 amide bonds. The molecule has 14 unspecified atom stereocenters. The standard InChI is InChI=1S/C69H82N8O20/c1-29(92-64-59(86)57(84)55(82)47(27-78)96-64)18-33(93-30(2)80)20-37-35-8-9-49-69(13-17-76(4,62(35)69)25-45(37)90-6)54-43(74(49)66(70)88)24-41-36(11-15-73-41)50(54)53-52-44(95-65-60(87)58(85)56(83)48(28-79)97-65)22-34(94-31(3)81)21-38-46(91-7)26-77(5)16-12-68(63(77)51(38)52)39-19-32-10-14-72-40(32)23-42(39)75(61(53)68)67(71)89/h8-9,12-17,19,23-24,29,33-34,37-38,44-49,55-61,64-65,78-79,82-87H,10-11,18,20-22,25-28H2,1-7H3,(H2-2,70,71,88,89)/p+2/t29?,33?,34?,37?,38?,44?,45?,46?,47-,48+,49?,55-,56+,57-,58+,59-,60+,61?,64-,65-,68?,69?,76?,77?/m1/s1. The zero-order chi connectivity index (χ0) is 68.6. The van der Waals surface area contributed by atoms with Crippen molar-refractivity contribution in [2.24, 2.45) is 33.3 Å². The van der Waals surface area contributed by atoms with E-state index in [1.165, 1.54) is 13.8 Å². The minimum absolute atomic E-state index is 0.0361. The lowest BCUT2D eigenvalue weighted by atomic mass is 9.58. The fourth-order valence-corrected chi connectivity index (χ4v) is 19.3. The number of benzene rings is 2. The van der Waals surface area contributed by atoms with Gasteiger partial charge in [0.15, 0.2) is 12.6 Å². The molecule has 28 heteroatoms. The minimum atomic E-state index is -1.91. The molecular weight excluding hydrogens is 1260 g/mol. The van der Waals surface area contributed by atoms with Gasteiger partial charge < -0.3 is 90.2 Å². The summed E-state index contributed by atoms with van der Waals surface area (Å²) >= 11 is 0. The van der Waals surface area contributed by atoms with E-state index in [0.29, 0.717) is 70.1 Å². The smallest absolute Gasteiger partial charge is 0.319 e. The molecule has 2 aromatic rings. The molecular formula is C69H84N8O20+2. The number of carbonyl (C=O) groups excluding carboxylic acids is 4. The Hall–Kier alpha value is -6.94. The van der Waals surface area contributed by atoms with Crippen LogP contribution in [0.4, 0.5) is 32.3 Å². The topological polar surface area (TPSA) is 387 Å². The average Bonchev–Trinajstić information content (AvgIpc) is 1.49. The van der Waals surface area contributed by atoms with Crippen molar-refractivity contribution >= 4 is 64.8 Å². The third kappa shape index (κ3) is 9.54. The second kappa shape index (κ2) is 23.6. The van der Waals surface area contributed by atoms with Crippen molar-refractivity contribution in [3.8, 4) is 0 Å². The fourth-order valence-electron chi connectivity index (χ4n) is 19.3. The number of primary amides is 2. The number of amides is 4. The monoisotopic (exact) mass is 1340 g/mol. The van der Waals surface area contributed by atoms with E-state index in [9.17, 15) is 55.2 Å². The minimum Gasteiger partial charge on any atom is -0.462 e. The van der Waals surface area contributed by atoms with Crippen molar-refractivity contribution in [2.45, 2.75) is 180 Å². The number of ether oxygens (including phenoxy) is 8. The lowest BCUT2D eigenvalue weighted by Crippen LogP contribution is -2.61. The molecule has 13 aliphatic rings. The summed E-state index contributed by atoms with van der Waals surface area (Å²) < 4.78 is 51.4. The number of rotatable bonds is 15. The maximum absolute atomic E-state index is 15.5. The summed E-state index contributed by atoms with van der Waals surface area (Å²) in [5.41, 5.74) is 20.9. The number of aliphatic hydroxyl groups is 8. The van der Waals surface area contributed by atoms with Crippen LogP contribution in [0.15, 0.2) is 93.0 Å². The number of esters is 2. The normalized spacial score (nSPS) is 40.1. The Morgan fingerprint density at radius 3 is 2.02 bits per heavy atom. The maximum atomic E-state index is 15.5. The fraction of sp³-hybridized carbons (Fsp3) is 0.565. The number of hydrogen-bond acceptors (Lipinski definition) is 22. The van der Waals surface area contributed by atoms with E-state index in [-0.39, 0.29) is 41.1 Å². The summed E-state index contributed by atoms with van der Waals surface area (Å²) in [5.74, 6) is -2.35. The number of aliphatic hydroxyl groups excluding tert-OH is 8. The molecule has 3 aliphatic carbocycles. The first-order valence-corrected chi connectivity index (χ1v) is 33.2. The Labute approximate surface area is 558 Å². The summed E-state index contributed by atoms with van der Waals surface area (Å²) in [6.45, 7) is 3.56. The van der Waals surface area contributed by atoms with Crippen molar-refractivity contribution in [1.29, 1.82) is 0 Å². The summed E-state index contributed by atoms with van der Waals surface area (Å²) in [6.07, 6.45) is -4.50. The number of anilines is 2. The first-order valence-electron chi connectivity index (χ1n) is 33.2. The van der Waals surface area contributed by atoms with E-state index >= 15 is 4.79 Å². The van der Waals surface area contributed by atoms with Crippen LogP contribution in [0.2, 0.25) is 0 Å². The van der Waals surface area contributed by atoms with Gasteiger partial charge in [-0.3, -0.25) is 38.3 Å². The Morgan fingerprint density at radius 1 is 0.732 bits per heavy atom. The van der Waals surface area contributed by atoms with Gasteiger partial charge in [0, 0.05) is 94.7 Å². The van der Waals surface area contributed by atoms with Crippen LogP contribution in [0.5, 0.6) is 0 Å². The van der Waals surface area contributed by atoms with Crippen molar-refractivity contribution in [3.05, 3.63) is 111 Å². The Morgan fingerprint density at radius 2 is 1.36 bits per heavy atom. The number of likely N-dealkylation sites (N-methyl/N-ethyl adjacent to an activating group) is 2. The second-order valence-electron chi connectivity index (χ2n) is 28.6. The molecule has 0 aromatic heterocycles. The number of methoxy groups -OCH3 is 2. The third-order valence-corrected chi connectivity index (χ3v) is 23.0. The molecule has 2 saturated heterocycles. The number of allylic oxidation sites excluding steroid dienone is 1. The van der Waals surface area contributed by atoms with Crippen LogP contribution < -0.4 is 21.3 Å². The van der Waals surface area contributed by atoms with Gasteiger partial charge in [-0.2, -0.15) is 0 Å². The highest BCUT2D eigenvalue weighted by atomic mass is 16.7. The van der Waals surface area contributed by atoms with Gasteiger partial charge in [-0.25, -0.2) is 9.59 Å². The number of carbonyl (C=O) groups is 4. The number of quaternary nitrogens is 2. The first-order chi connectivity index (χ1) is 46.3. The zero-order valence-corrected chi connectivity index (χ0v) is 54.8. The van der Waals surface area contributed by atoms with E-state index in [1.807, 2.05) is 30.5 Å². The Balaban J connectivity index is 1.00. The lowest BCUT2D eigenvalue weighted by molar-refractivity contribution is -0.827. The van der Waals surface area contributed by atoms with Crippen LogP contribution in [-0.4, -0.2) is 251 Å². The molecule has 518 valence electrons. The summed E-state index contributed by atoms with van der Waals surface area (Å²) in [7, 11) is 7.39. The van der Waals surface area contributed by atoms with Crippen LogP contribution in [0.1, 0.15) is 74.3 Å². The van der Waals surface area contributed by atoms with Crippen molar-refractivity contribution < 1.29 is 107 Å². The Bertz CT molecular complexity index is 3960. The van der Waals surface area contributed by atoms with Gasteiger partial charge >= 0.3 is 24.0 Å². The number of nitrogens with two attached hydrogens (primary N) is 2. The summed E-state index contributed by atoms with van der Waals surface area (Å²) in [6, 6.07) is 2.28. The molecule has 10 heterocycles. The van der Waals surface area contributed by atoms with Crippen molar-refractivity contribution in [2.75, 3.05) is 64.4 Å². The number of fused-ring (bicyclic) bond motifs is 4. The molecule has 0 radical (unpaired) electrons. The summed E-state index contributed by atoms with van der Waals surface area (Å²) in [5, 5.41) is 87.8. The molecule has 12 N–H and O–H groups in total. The van der Waals surface area contributed by atoms with Gasteiger partial charge in [-0.1, -0.05) is 12.2 Å².